The fraction of sp³-hybridized carbons (Fsp3) is 0.846. The first-order valence-electron chi connectivity index (χ1n) is 7.06. The number of ether oxygens (including phenoxy) is 1. The lowest BCUT2D eigenvalue weighted by Crippen LogP contribution is -2.43. The van der Waals surface area contributed by atoms with Gasteiger partial charge < -0.3 is 9.64 Å². The zero-order chi connectivity index (χ0) is 14.8. The molecule has 7 nitrogen and oxygen atoms in total. The SMILES string of the molecule is Cc1nnnn1CC1CCCN(C(=O)OC(C)(C)C)C1. The van der Waals surface area contributed by atoms with Crippen LogP contribution in [-0.2, 0) is 11.3 Å². The maximum Gasteiger partial charge on any atom is 0.410 e. The van der Waals surface area contributed by atoms with Gasteiger partial charge in [0.05, 0.1) is 0 Å². The van der Waals surface area contributed by atoms with Gasteiger partial charge in [-0.1, -0.05) is 0 Å². The van der Waals surface area contributed by atoms with Crippen LogP contribution in [0.3, 0.4) is 0 Å². The van der Waals surface area contributed by atoms with E-state index in [9.17, 15) is 4.79 Å². The maximum atomic E-state index is 12.1. The average Bonchev–Trinajstić information content (AvgIpc) is 2.73. The fourth-order valence-corrected chi connectivity index (χ4v) is 2.37. The second-order valence-electron chi connectivity index (χ2n) is 6.34. The second kappa shape index (κ2) is 5.76. The molecule has 0 radical (unpaired) electrons. The molecule has 2 rings (SSSR count). The minimum absolute atomic E-state index is 0.226. The molecule has 1 aromatic rings. The summed E-state index contributed by atoms with van der Waals surface area (Å²) in [4.78, 5) is 13.9. The largest absolute Gasteiger partial charge is 0.444 e. The Bertz CT molecular complexity index is 466. The van der Waals surface area contributed by atoms with Gasteiger partial charge in [0.2, 0.25) is 0 Å². The number of tetrazole rings is 1. The molecule has 2 heterocycles. The molecular formula is C13H23N5O2. The van der Waals surface area contributed by atoms with E-state index in [2.05, 4.69) is 15.5 Å². The van der Waals surface area contributed by atoms with E-state index in [4.69, 9.17) is 4.74 Å². The zero-order valence-corrected chi connectivity index (χ0v) is 12.7. The number of piperidine rings is 1. The zero-order valence-electron chi connectivity index (χ0n) is 12.7. The van der Waals surface area contributed by atoms with E-state index >= 15 is 0 Å². The molecule has 1 aliphatic heterocycles. The minimum Gasteiger partial charge on any atom is -0.444 e. The van der Waals surface area contributed by atoms with Crippen molar-refractivity contribution in [2.75, 3.05) is 13.1 Å². The van der Waals surface area contributed by atoms with Crippen molar-refractivity contribution in [1.82, 2.24) is 25.1 Å². The van der Waals surface area contributed by atoms with Gasteiger partial charge in [-0.15, -0.1) is 5.10 Å². The van der Waals surface area contributed by atoms with E-state index in [1.165, 1.54) is 0 Å². The third-order valence-corrected chi connectivity index (χ3v) is 3.31. The van der Waals surface area contributed by atoms with Gasteiger partial charge in [-0.25, -0.2) is 9.48 Å². The first kappa shape index (κ1) is 14.7. The topological polar surface area (TPSA) is 73.1 Å². The van der Waals surface area contributed by atoms with Gasteiger partial charge in [0, 0.05) is 19.6 Å². The van der Waals surface area contributed by atoms with Crippen molar-refractivity contribution in [3.63, 3.8) is 0 Å². The number of likely N-dealkylation sites (tertiary alicyclic amines) is 1. The highest BCUT2D eigenvalue weighted by molar-refractivity contribution is 5.68. The van der Waals surface area contributed by atoms with E-state index in [1.807, 2.05) is 27.7 Å². The Hall–Kier alpha value is -1.66. The van der Waals surface area contributed by atoms with E-state index in [0.717, 1.165) is 31.8 Å². The number of amides is 1. The summed E-state index contributed by atoms with van der Waals surface area (Å²) in [6.45, 7) is 9.76. The average molecular weight is 281 g/mol. The molecule has 0 bridgehead atoms. The number of rotatable bonds is 2. The summed E-state index contributed by atoms with van der Waals surface area (Å²) in [5.41, 5.74) is -0.448. The molecule has 0 aromatic carbocycles. The van der Waals surface area contributed by atoms with Gasteiger partial charge in [-0.3, -0.25) is 0 Å². The van der Waals surface area contributed by atoms with Crippen LogP contribution in [0.2, 0.25) is 0 Å². The number of aryl methyl sites for hydroxylation is 1. The molecule has 1 amide bonds. The number of hydrogen-bond acceptors (Lipinski definition) is 5. The van der Waals surface area contributed by atoms with E-state index in [-0.39, 0.29) is 6.09 Å². The highest BCUT2D eigenvalue weighted by atomic mass is 16.6. The molecule has 1 fully saturated rings. The van der Waals surface area contributed by atoms with Crippen LogP contribution < -0.4 is 0 Å². The third-order valence-electron chi connectivity index (χ3n) is 3.31. The van der Waals surface area contributed by atoms with Crippen molar-refractivity contribution in [3.8, 4) is 0 Å². The lowest BCUT2D eigenvalue weighted by Gasteiger charge is -2.34. The van der Waals surface area contributed by atoms with Crippen molar-refractivity contribution in [2.24, 2.45) is 5.92 Å². The number of aromatic nitrogens is 4. The molecule has 0 N–H and O–H groups in total. The Balaban J connectivity index is 1.92. The summed E-state index contributed by atoms with van der Waals surface area (Å²) in [6, 6.07) is 0. The molecule has 0 spiro atoms. The minimum atomic E-state index is -0.448. The van der Waals surface area contributed by atoms with Gasteiger partial charge in [0.25, 0.3) is 0 Å². The van der Waals surface area contributed by atoms with Crippen molar-refractivity contribution < 1.29 is 9.53 Å². The standard InChI is InChI=1S/C13H23N5O2/c1-10-14-15-16-18(10)9-11-6-5-7-17(8-11)12(19)20-13(2,3)4/h11H,5-9H2,1-4H3. The van der Waals surface area contributed by atoms with Crippen LogP contribution in [0.5, 0.6) is 0 Å². The normalized spacial score (nSPS) is 20.0. The predicted molar refractivity (Wildman–Crippen MR) is 73.1 cm³/mol. The monoisotopic (exact) mass is 281 g/mol. The molecule has 1 unspecified atom stereocenters. The van der Waals surface area contributed by atoms with Gasteiger partial charge in [-0.2, -0.15) is 0 Å². The molecule has 7 heteroatoms. The number of hydrogen-bond donors (Lipinski definition) is 0. The smallest absolute Gasteiger partial charge is 0.410 e. The van der Waals surface area contributed by atoms with Crippen molar-refractivity contribution in [1.29, 1.82) is 0 Å². The molecule has 1 aliphatic rings. The van der Waals surface area contributed by atoms with Crippen molar-refractivity contribution in [3.05, 3.63) is 5.82 Å². The molecular weight excluding hydrogens is 258 g/mol. The van der Waals surface area contributed by atoms with E-state index in [0.29, 0.717) is 12.5 Å². The molecule has 0 saturated carbocycles. The van der Waals surface area contributed by atoms with Gasteiger partial charge >= 0.3 is 6.09 Å². The second-order valence-corrected chi connectivity index (χ2v) is 6.34. The van der Waals surface area contributed by atoms with Gasteiger partial charge in [0.1, 0.15) is 11.4 Å². The fourth-order valence-electron chi connectivity index (χ4n) is 2.37. The van der Waals surface area contributed by atoms with Crippen LogP contribution in [0.1, 0.15) is 39.4 Å². The Kier molecular flexibility index (Phi) is 4.25. The molecule has 1 aromatic heterocycles. The molecule has 1 saturated heterocycles. The Morgan fingerprint density at radius 1 is 1.45 bits per heavy atom. The molecule has 0 aliphatic carbocycles. The molecule has 1 atom stereocenters. The summed E-state index contributed by atoms with van der Waals surface area (Å²) in [5.74, 6) is 1.18. The summed E-state index contributed by atoms with van der Waals surface area (Å²) in [7, 11) is 0. The first-order chi connectivity index (χ1) is 9.35. The Labute approximate surface area is 119 Å². The van der Waals surface area contributed by atoms with Crippen molar-refractivity contribution in [2.45, 2.75) is 52.7 Å². The number of carbonyl (C=O) groups excluding carboxylic acids is 1. The van der Waals surface area contributed by atoms with Crippen LogP contribution in [0.15, 0.2) is 0 Å². The summed E-state index contributed by atoms with van der Waals surface area (Å²) in [6.07, 6.45) is 1.85. The van der Waals surface area contributed by atoms with Crippen LogP contribution in [-0.4, -0.2) is 49.9 Å². The predicted octanol–water partition coefficient (Wildman–Crippen LogP) is 1.63. The van der Waals surface area contributed by atoms with E-state index < -0.39 is 5.60 Å². The van der Waals surface area contributed by atoms with Crippen LogP contribution >= 0.6 is 0 Å². The van der Waals surface area contributed by atoms with Gasteiger partial charge in [0.15, 0.2) is 0 Å². The van der Waals surface area contributed by atoms with Crippen LogP contribution in [0.4, 0.5) is 4.79 Å². The van der Waals surface area contributed by atoms with Crippen LogP contribution in [0, 0.1) is 12.8 Å². The first-order valence-corrected chi connectivity index (χ1v) is 7.06. The Morgan fingerprint density at radius 2 is 2.20 bits per heavy atom. The van der Waals surface area contributed by atoms with Gasteiger partial charge in [-0.05, 0) is 56.9 Å². The Morgan fingerprint density at radius 3 is 2.80 bits per heavy atom. The van der Waals surface area contributed by atoms with E-state index in [1.54, 1.807) is 9.58 Å². The third kappa shape index (κ3) is 3.91. The summed E-state index contributed by atoms with van der Waals surface area (Å²) >= 11 is 0. The van der Waals surface area contributed by atoms with Crippen LogP contribution in [0.25, 0.3) is 0 Å². The summed E-state index contributed by atoms with van der Waals surface area (Å²) in [5, 5.41) is 11.5. The quantitative estimate of drug-likeness (QED) is 0.823. The summed E-state index contributed by atoms with van der Waals surface area (Å²) < 4.78 is 7.22. The molecule has 112 valence electrons. The lowest BCUT2D eigenvalue weighted by atomic mass is 9.98. The molecule has 20 heavy (non-hydrogen) atoms. The number of nitrogens with zero attached hydrogens (tertiary/aromatic N) is 5. The van der Waals surface area contributed by atoms with Crippen molar-refractivity contribution >= 4 is 6.09 Å². The maximum absolute atomic E-state index is 12.1. The highest BCUT2D eigenvalue weighted by Crippen LogP contribution is 2.20. The highest BCUT2D eigenvalue weighted by Gasteiger charge is 2.28. The lowest BCUT2D eigenvalue weighted by molar-refractivity contribution is 0.0155. The number of carbonyl (C=O) groups is 1.